The van der Waals surface area contributed by atoms with E-state index in [1.807, 2.05) is 0 Å². The fourth-order valence-corrected chi connectivity index (χ4v) is 1.48. The number of hydrogen-bond donors (Lipinski definition) is 1. The summed E-state index contributed by atoms with van der Waals surface area (Å²) < 4.78 is 4.84. The van der Waals surface area contributed by atoms with Crippen LogP contribution in [0.5, 0.6) is 0 Å². The highest BCUT2D eigenvalue weighted by atomic mass is 35.5. The van der Waals surface area contributed by atoms with Crippen molar-refractivity contribution in [2.24, 2.45) is 0 Å². The van der Waals surface area contributed by atoms with Crippen LogP contribution in [0, 0.1) is 0 Å². The standard InChI is InChI=1S/C10H9ClN2O2/c1-2-15-10(14)8-4-3-7-9(13-8)6(11)5-12-7/h3-5,12H,2H2,1H3. The summed E-state index contributed by atoms with van der Waals surface area (Å²) in [4.78, 5) is 18.4. The number of ether oxygens (including phenoxy) is 1. The van der Waals surface area contributed by atoms with Gasteiger partial charge in [-0.3, -0.25) is 0 Å². The lowest BCUT2D eigenvalue weighted by Crippen LogP contribution is -2.06. The molecule has 0 spiro atoms. The topological polar surface area (TPSA) is 55.0 Å². The lowest BCUT2D eigenvalue weighted by molar-refractivity contribution is 0.0520. The first kappa shape index (κ1) is 9.98. The van der Waals surface area contributed by atoms with Crippen molar-refractivity contribution in [3.63, 3.8) is 0 Å². The molecular formula is C10H9ClN2O2. The van der Waals surface area contributed by atoms with Crippen molar-refractivity contribution in [2.45, 2.75) is 6.92 Å². The predicted molar refractivity (Wildman–Crippen MR) is 57.1 cm³/mol. The third kappa shape index (κ3) is 1.80. The molecule has 2 heterocycles. The highest BCUT2D eigenvalue weighted by molar-refractivity contribution is 6.35. The summed E-state index contributed by atoms with van der Waals surface area (Å²) in [6.45, 7) is 2.08. The van der Waals surface area contributed by atoms with Crippen LogP contribution in [0.2, 0.25) is 5.02 Å². The molecule has 2 aromatic rings. The van der Waals surface area contributed by atoms with Gasteiger partial charge < -0.3 is 9.72 Å². The Bertz CT molecular complexity index is 507. The molecular weight excluding hydrogens is 216 g/mol. The Kier molecular flexibility index (Phi) is 2.60. The number of carbonyl (C=O) groups excluding carboxylic acids is 1. The van der Waals surface area contributed by atoms with Gasteiger partial charge in [0.15, 0.2) is 0 Å². The smallest absolute Gasteiger partial charge is 0.356 e. The van der Waals surface area contributed by atoms with Gasteiger partial charge >= 0.3 is 5.97 Å². The monoisotopic (exact) mass is 224 g/mol. The largest absolute Gasteiger partial charge is 0.461 e. The second kappa shape index (κ2) is 3.90. The van der Waals surface area contributed by atoms with Crippen LogP contribution in [-0.2, 0) is 4.74 Å². The third-order valence-corrected chi connectivity index (χ3v) is 2.25. The molecule has 1 N–H and O–H groups in total. The zero-order valence-electron chi connectivity index (χ0n) is 8.08. The van der Waals surface area contributed by atoms with E-state index >= 15 is 0 Å². The van der Waals surface area contributed by atoms with E-state index in [1.165, 1.54) is 0 Å². The van der Waals surface area contributed by atoms with Crippen LogP contribution < -0.4 is 0 Å². The Balaban J connectivity index is 2.45. The lowest BCUT2D eigenvalue weighted by Gasteiger charge is -2.00. The Hall–Kier alpha value is -1.55. The number of fused-ring (bicyclic) bond motifs is 1. The second-order valence-corrected chi connectivity index (χ2v) is 3.36. The molecule has 0 unspecified atom stereocenters. The van der Waals surface area contributed by atoms with Crippen LogP contribution in [0.3, 0.4) is 0 Å². The zero-order valence-corrected chi connectivity index (χ0v) is 8.84. The van der Waals surface area contributed by atoms with Gasteiger partial charge in [-0.15, -0.1) is 0 Å². The molecule has 0 atom stereocenters. The Labute approximate surface area is 91.2 Å². The fraction of sp³-hybridized carbons (Fsp3) is 0.200. The van der Waals surface area contributed by atoms with Crippen LogP contribution >= 0.6 is 11.6 Å². The highest BCUT2D eigenvalue weighted by Gasteiger charge is 2.10. The van der Waals surface area contributed by atoms with Crippen molar-refractivity contribution in [3.8, 4) is 0 Å². The molecule has 4 nitrogen and oxygen atoms in total. The molecule has 0 saturated heterocycles. The number of halogens is 1. The van der Waals surface area contributed by atoms with Gasteiger partial charge in [0, 0.05) is 6.20 Å². The van der Waals surface area contributed by atoms with Crippen molar-refractivity contribution in [3.05, 3.63) is 29.0 Å². The van der Waals surface area contributed by atoms with E-state index in [9.17, 15) is 4.79 Å². The molecule has 0 aliphatic carbocycles. The maximum absolute atomic E-state index is 11.4. The maximum atomic E-state index is 11.4. The number of aromatic nitrogens is 2. The Morgan fingerprint density at radius 2 is 2.40 bits per heavy atom. The summed E-state index contributed by atoms with van der Waals surface area (Å²) in [5.41, 5.74) is 1.65. The number of rotatable bonds is 2. The number of hydrogen-bond acceptors (Lipinski definition) is 3. The average Bonchev–Trinajstić information content (AvgIpc) is 2.60. The molecule has 2 aromatic heterocycles. The first-order chi connectivity index (χ1) is 7.22. The Morgan fingerprint density at radius 3 is 3.13 bits per heavy atom. The van der Waals surface area contributed by atoms with E-state index in [-0.39, 0.29) is 5.69 Å². The van der Waals surface area contributed by atoms with E-state index in [2.05, 4.69) is 9.97 Å². The predicted octanol–water partition coefficient (Wildman–Crippen LogP) is 2.39. The molecule has 0 amide bonds. The first-order valence-corrected chi connectivity index (χ1v) is 4.91. The van der Waals surface area contributed by atoms with Gasteiger partial charge in [0.25, 0.3) is 0 Å². The minimum absolute atomic E-state index is 0.269. The Morgan fingerprint density at radius 1 is 1.60 bits per heavy atom. The molecule has 0 aliphatic heterocycles. The number of pyridine rings is 1. The molecule has 0 aromatic carbocycles. The van der Waals surface area contributed by atoms with Crippen molar-refractivity contribution >= 4 is 28.6 Å². The summed E-state index contributed by atoms with van der Waals surface area (Å²) in [6, 6.07) is 3.35. The quantitative estimate of drug-likeness (QED) is 0.797. The van der Waals surface area contributed by atoms with Gasteiger partial charge in [-0.2, -0.15) is 0 Å². The number of esters is 1. The molecule has 0 radical (unpaired) electrons. The van der Waals surface area contributed by atoms with Crippen molar-refractivity contribution in [1.29, 1.82) is 0 Å². The molecule has 0 fully saturated rings. The van der Waals surface area contributed by atoms with Crippen molar-refractivity contribution in [1.82, 2.24) is 9.97 Å². The molecule has 0 bridgehead atoms. The summed E-state index contributed by atoms with van der Waals surface area (Å²) in [7, 11) is 0. The molecule has 78 valence electrons. The van der Waals surface area contributed by atoms with Crippen LogP contribution in [0.1, 0.15) is 17.4 Å². The van der Waals surface area contributed by atoms with E-state index in [4.69, 9.17) is 16.3 Å². The number of carbonyl (C=O) groups is 1. The zero-order chi connectivity index (χ0) is 10.8. The van der Waals surface area contributed by atoms with E-state index in [0.29, 0.717) is 17.1 Å². The molecule has 5 heteroatoms. The van der Waals surface area contributed by atoms with Gasteiger partial charge in [-0.25, -0.2) is 9.78 Å². The minimum Gasteiger partial charge on any atom is -0.461 e. The number of nitrogens with one attached hydrogen (secondary N) is 1. The summed E-state index contributed by atoms with van der Waals surface area (Å²) in [5, 5.41) is 0.496. The van der Waals surface area contributed by atoms with Gasteiger partial charge in [0.2, 0.25) is 0 Å². The number of H-pyrrole nitrogens is 1. The van der Waals surface area contributed by atoms with Gasteiger partial charge in [0.05, 0.1) is 17.1 Å². The molecule has 2 rings (SSSR count). The third-order valence-electron chi connectivity index (χ3n) is 1.96. The SMILES string of the molecule is CCOC(=O)c1ccc2[nH]cc(Cl)c2n1. The van der Waals surface area contributed by atoms with Crippen LogP contribution in [0.25, 0.3) is 11.0 Å². The summed E-state index contributed by atoms with van der Waals surface area (Å²) in [6.07, 6.45) is 1.63. The second-order valence-electron chi connectivity index (χ2n) is 2.95. The van der Waals surface area contributed by atoms with E-state index in [1.54, 1.807) is 25.3 Å². The number of aromatic amines is 1. The van der Waals surface area contributed by atoms with Crippen molar-refractivity contribution < 1.29 is 9.53 Å². The lowest BCUT2D eigenvalue weighted by atomic mass is 10.3. The fourth-order valence-electron chi connectivity index (χ4n) is 1.29. The minimum atomic E-state index is -0.434. The maximum Gasteiger partial charge on any atom is 0.356 e. The van der Waals surface area contributed by atoms with Crippen LogP contribution in [-0.4, -0.2) is 22.5 Å². The van der Waals surface area contributed by atoms with Gasteiger partial charge in [-0.1, -0.05) is 11.6 Å². The summed E-state index contributed by atoms with van der Waals surface area (Å²) >= 11 is 5.88. The van der Waals surface area contributed by atoms with Crippen LogP contribution in [0.4, 0.5) is 0 Å². The normalized spacial score (nSPS) is 10.5. The van der Waals surface area contributed by atoms with E-state index in [0.717, 1.165) is 5.52 Å². The average molecular weight is 225 g/mol. The van der Waals surface area contributed by atoms with Gasteiger partial charge in [-0.05, 0) is 19.1 Å². The molecule has 0 aliphatic rings. The number of nitrogens with zero attached hydrogens (tertiary/aromatic N) is 1. The van der Waals surface area contributed by atoms with E-state index < -0.39 is 5.97 Å². The highest BCUT2D eigenvalue weighted by Crippen LogP contribution is 2.20. The first-order valence-electron chi connectivity index (χ1n) is 4.53. The summed E-state index contributed by atoms with van der Waals surface area (Å²) in [5.74, 6) is -0.434. The van der Waals surface area contributed by atoms with Crippen molar-refractivity contribution in [2.75, 3.05) is 6.61 Å². The molecule has 0 saturated carbocycles. The van der Waals surface area contributed by atoms with Gasteiger partial charge in [0.1, 0.15) is 11.2 Å². The van der Waals surface area contributed by atoms with Crippen LogP contribution in [0.15, 0.2) is 18.3 Å². The molecule has 15 heavy (non-hydrogen) atoms.